The average molecular weight is 287 g/mol. The van der Waals surface area contributed by atoms with Crippen LogP contribution >= 0.6 is 0 Å². The topological polar surface area (TPSA) is 30.9 Å². The number of rotatable bonds is 8. The predicted molar refractivity (Wildman–Crippen MR) is 82.2 cm³/mol. The van der Waals surface area contributed by atoms with Gasteiger partial charge >= 0.3 is 0 Å². The van der Waals surface area contributed by atoms with Crippen LogP contribution in [-0.2, 0) is 14.2 Å². The van der Waals surface area contributed by atoms with Gasteiger partial charge in [0.15, 0.2) is 0 Å². The first kappa shape index (κ1) is 17.9. The van der Waals surface area contributed by atoms with Crippen LogP contribution in [0.15, 0.2) is 0 Å². The molecule has 0 aromatic carbocycles. The van der Waals surface area contributed by atoms with Gasteiger partial charge in [-0.05, 0) is 48.0 Å². The van der Waals surface area contributed by atoms with Crippen LogP contribution in [0.3, 0.4) is 0 Å². The molecule has 120 valence electrons. The molecular formula is C16H33NO3. The fraction of sp³-hybridized carbons (Fsp3) is 1.00. The minimum Gasteiger partial charge on any atom is -0.380 e. The summed E-state index contributed by atoms with van der Waals surface area (Å²) in [4.78, 5) is 2.38. The highest BCUT2D eigenvalue weighted by atomic mass is 16.5. The number of nitrogens with zero attached hydrogens (tertiary/aromatic N) is 1. The molecule has 0 spiro atoms. The molecular weight excluding hydrogens is 254 g/mol. The summed E-state index contributed by atoms with van der Waals surface area (Å²) in [6.45, 7) is 18.0. The van der Waals surface area contributed by atoms with Gasteiger partial charge in [-0.2, -0.15) is 0 Å². The average Bonchev–Trinajstić information content (AvgIpc) is 2.20. The summed E-state index contributed by atoms with van der Waals surface area (Å²) >= 11 is 0. The fourth-order valence-electron chi connectivity index (χ4n) is 2.11. The van der Waals surface area contributed by atoms with Crippen molar-refractivity contribution in [3.63, 3.8) is 0 Å². The third-order valence-electron chi connectivity index (χ3n) is 2.96. The molecule has 0 amide bonds. The molecule has 0 aromatic rings. The normalized spacial score (nSPS) is 18.3. The van der Waals surface area contributed by atoms with Gasteiger partial charge in [-0.1, -0.05) is 0 Å². The lowest BCUT2D eigenvalue weighted by Gasteiger charge is -2.42. The maximum Gasteiger partial charge on any atom is 0.0835 e. The second kappa shape index (κ2) is 7.74. The standard InChI is InChI=1S/C16H33NO3/c1-15(2,3)19-10-7-9-18-11-8-17-12-14(13-17)20-16(4,5)6/h14H,7-13H2,1-6H3. The molecule has 0 atom stereocenters. The first-order chi connectivity index (χ1) is 9.16. The van der Waals surface area contributed by atoms with Crippen LogP contribution in [0, 0.1) is 0 Å². The molecule has 1 rings (SSSR count). The van der Waals surface area contributed by atoms with Crippen molar-refractivity contribution < 1.29 is 14.2 Å². The third kappa shape index (κ3) is 8.90. The Morgan fingerprint density at radius 1 is 0.900 bits per heavy atom. The monoisotopic (exact) mass is 287 g/mol. The lowest BCUT2D eigenvalue weighted by atomic mass is 10.1. The van der Waals surface area contributed by atoms with Crippen LogP contribution in [0.1, 0.15) is 48.0 Å². The summed E-state index contributed by atoms with van der Waals surface area (Å²) in [6.07, 6.45) is 1.36. The SMILES string of the molecule is CC(C)(C)OCCCOCCN1CC(OC(C)(C)C)C1. The van der Waals surface area contributed by atoms with Gasteiger partial charge in [0.25, 0.3) is 0 Å². The predicted octanol–water partition coefficient (Wildman–Crippen LogP) is 2.71. The van der Waals surface area contributed by atoms with Gasteiger partial charge in [0, 0.05) is 32.8 Å². The highest BCUT2D eigenvalue weighted by molar-refractivity contribution is 4.82. The van der Waals surface area contributed by atoms with E-state index in [4.69, 9.17) is 14.2 Å². The van der Waals surface area contributed by atoms with Crippen molar-refractivity contribution >= 4 is 0 Å². The summed E-state index contributed by atoms with van der Waals surface area (Å²) < 4.78 is 17.2. The van der Waals surface area contributed by atoms with Crippen molar-refractivity contribution in [2.75, 3.05) is 39.5 Å². The zero-order valence-corrected chi connectivity index (χ0v) is 14.2. The van der Waals surface area contributed by atoms with Crippen LogP contribution in [0.2, 0.25) is 0 Å². The minimum atomic E-state index is -0.0420. The van der Waals surface area contributed by atoms with E-state index < -0.39 is 0 Å². The molecule has 1 heterocycles. The molecule has 0 saturated carbocycles. The van der Waals surface area contributed by atoms with Crippen molar-refractivity contribution in [2.24, 2.45) is 0 Å². The van der Waals surface area contributed by atoms with E-state index in [2.05, 4.69) is 46.4 Å². The van der Waals surface area contributed by atoms with Gasteiger partial charge in [0.05, 0.1) is 23.9 Å². The Bertz CT molecular complexity index is 262. The van der Waals surface area contributed by atoms with Crippen molar-refractivity contribution in [3.05, 3.63) is 0 Å². The Morgan fingerprint density at radius 2 is 1.55 bits per heavy atom. The molecule has 0 unspecified atom stereocenters. The van der Waals surface area contributed by atoms with Crippen molar-refractivity contribution in [2.45, 2.75) is 65.3 Å². The van der Waals surface area contributed by atoms with Gasteiger partial charge < -0.3 is 14.2 Å². The quantitative estimate of drug-likeness (QED) is 0.642. The molecule has 0 aliphatic carbocycles. The summed E-state index contributed by atoms with van der Waals surface area (Å²) in [5, 5.41) is 0. The van der Waals surface area contributed by atoms with Crippen LogP contribution in [0.4, 0.5) is 0 Å². The van der Waals surface area contributed by atoms with Crippen LogP contribution in [-0.4, -0.2) is 61.7 Å². The molecule has 4 heteroatoms. The number of likely N-dealkylation sites (tertiary alicyclic amines) is 1. The third-order valence-corrected chi connectivity index (χ3v) is 2.96. The molecule has 0 aromatic heterocycles. The smallest absolute Gasteiger partial charge is 0.0835 e. The molecule has 0 radical (unpaired) electrons. The van der Waals surface area contributed by atoms with Crippen LogP contribution < -0.4 is 0 Å². The Morgan fingerprint density at radius 3 is 2.10 bits per heavy atom. The van der Waals surface area contributed by atoms with E-state index in [1.807, 2.05) is 0 Å². The maximum absolute atomic E-state index is 5.90. The van der Waals surface area contributed by atoms with E-state index in [9.17, 15) is 0 Å². The van der Waals surface area contributed by atoms with Crippen molar-refractivity contribution in [1.82, 2.24) is 4.90 Å². The molecule has 20 heavy (non-hydrogen) atoms. The molecule has 0 N–H and O–H groups in total. The zero-order valence-electron chi connectivity index (χ0n) is 14.2. The second-order valence-corrected chi connectivity index (χ2v) is 7.54. The lowest BCUT2D eigenvalue weighted by molar-refractivity contribution is -0.127. The molecule has 1 fully saturated rings. The summed E-state index contributed by atoms with van der Waals surface area (Å²) in [7, 11) is 0. The first-order valence-electron chi connectivity index (χ1n) is 7.78. The number of ether oxygens (including phenoxy) is 3. The second-order valence-electron chi connectivity index (χ2n) is 7.54. The first-order valence-corrected chi connectivity index (χ1v) is 7.78. The highest BCUT2D eigenvalue weighted by Gasteiger charge is 2.30. The highest BCUT2D eigenvalue weighted by Crippen LogP contribution is 2.18. The largest absolute Gasteiger partial charge is 0.380 e. The summed E-state index contributed by atoms with van der Waals surface area (Å²) in [5.41, 5.74) is -0.0694. The lowest BCUT2D eigenvalue weighted by Crippen LogP contribution is -2.55. The Hall–Kier alpha value is -0.160. The molecule has 1 saturated heterocycles. The van der Waals surface area contributed by atoms with E-state index in [-0.39, 0.29) is 11.2 Å². The molecule has 0 bridgehead atoms. The van der Waals surface area contributed by atoms with Crippen LogP contribution in [0.25, 0.3) is 0 Å². The van der Waals surface area contributed by atoms with E-state index >= 15 is 0 Å². The van der Waals surface area contributed by atoms with E-state index in [0.717, 1.165) is 45.9 Å². The van der Waals surface area contributed by atoms with E-state index in [1.54, 1.807) is 0 Å². The number of hydrogen-bond acceptors (Lipinski definition) is 4. The van der Waals surface area contributed by atoms with Gasteiger partial charge in [-0.3, -0.25) is 4.90 Å². The summed E-state index contributed by atoms with van der Waals surface area (Å²) in [5.74, 6) is 0. The number of hydrogen-bond donors (Lipinski definition) is 0. The van der Waals surface area contributed by atoms with Crippen molar-refractivity contribution in [3.8, 4) is 0 Å². The maximum atomic E-state index is 5.90. The van der Waals surface area contributed by atoms with E-state index in [1.165, 1.54) is 0 Å². The van der Waals surface area contributed by atoms with E-state index in [0.29, 0.717) is 6.10 Å². The molecule has 1 aliphatic heterocycles. The molecule has 1 aliphatic rings. The van der Waals surface area contributed by atoms with Gasteiger partial charge in [0.2, 0.25) is 0 Å². The van der Waals surface area contributed by atoms with Gasteiger partial charge in [-0.15, -0.1) is 0 Å². The Labute approximate surface area is 124 Å². The van der Waals surface area contributed by atoms with Gasteiger partial charge in [-0.25, -0.2) is 0 Å². The van der Waals surface area contributed by atoms with Gasteiger partial charge in [0.1, 0.15) is 0 Å². The minimum absolute atomic E-state index is 0.0275. The van der Waals surface area contributed by atoms with Crippen LogP contribution in [0.5, 0.6) is 0 Å². The fourth-order valence-corrected chi connectivity index (χ4v) is 2.11. The summed E-state index contributed by atoms with van der Waals surface area (Å²) in [6, 6.07) is 0. The van der Waals surface area contributed by atoms with Crippen molar-refractivity contribution in [1.29, 1.82) is 0 Å². The molecule has 4 nitrogen and oxygen atoms in total. The Balaban J connectivity index is 1.87. The zero-order chi connectivity index (χ0) is 15.2. The Kier molecular flexibility index (Phi) is 6.92.